The van der Waals surface area contributed by atoms with Crippen LogP contribution in [0.25, 0.3) is 0 Å². The van der Waals surface area contributed by atoms with Gasteiger partial charge in [0.15, 0.2) is 0 Å². The Balaban J connectivity index is 2.25. The lowest BCUT2D eigenvalue weighted by atomic mass is 9.96. The molecule has 0 aromatic heterocycles. The van der Waals surface area contributed by atoms with Gasteiger partial charge in [0.2, 0.25) is 5.91 Å². The first-order chi connectivity index (χ1) is 9.00. The van der Waals surface area contributed by atoms with E-state index in [1.807, 2.05) is 6.92 Å². The molecule has 0 heterocycles. The number of carbonyl (C=O) groups is 1. The van der Waals surface area contributed by atoms with Crippen LogP contribution in [-0.4, -0.2) is 43.9 Å². The maximum Gasteiger partial charge on any atom is 0.237 e. The topological polar surface area (TPSA) is 73.6 Å². The van der Waals surface area contributed by atoms with Crippen LogP contribution in [0.2, 0.25) is 0 Å². The summed E-state index contributed by atoms with van der Waals surface area (Å²) in [6.45, 7) is 8.92. The second-order valence-electron chi connectivity index (χ2n) is 5.68. The minimum atomic E-state index is -0.571. The highest BCUT2D eigenvalue weighted by Gasteiger charge is 2.43. The van der Waals surface area contributed by atoms with Crippen LogP contribution in [0.15, 0.2) is 0 Å². The molecule has 0 bridgehead atoms. The summed E-state index contributed by atoms with van der Waals surface area (Å²) in [5.74, 6) is 0.277. The maximum atomic E-state index is 11.6. The quantitative estimate of drug-likeness (QED) is 0.616. The number of primary amides is 1. The Morgan fingerprint density at radius 3 is 2.79 bits per heavy atom. The van der Waals surface area contributed by atoms with Crippen molar-refractivity contribution in [3.05, 3.63) is 0 Å². The first-order valence-electron chi connectivity index (χ1n) is 7.24. The summed E-state index contributed by atoms with van der Waals surface area (Å²) in [6.07, 6.45) is 2.41. The van der Waals surface area contributed by atoms with Gasteiger partial charge in [-0.05, 0) is 25.3 Å². The number of likely N-dealkylation sites (N-methyl/N-ethyl adjacent to an activating group) is 1. The van der Waals surface area contributed by atoms with Crippen molar-refractivity contribution in [2.24, 2.45) is 11.7 Å². The van der Waals surface area contributed by atoms with E-state index < -0.39 is 5.54 Å². The number of amides is 1. The molecule has 3 N–H and O–H groups in total. The SMILES string of the molecule is CCNC1(C(N)=O)CCC(OCCOCC(C)C)C1. The molecule has 2 atom stereocenters. The minimum Gasteiger partial charge on any atom is -0.379 e. The lowest BCUT2D eigenvalue weighted by Gasteiger charge is -2.26. The Morgan fingerprint density at radius 2 is 2.21 bits per heavy atom. The van der Waals surface area contributed by atoms with Crippen molar-refractivity contribution >= 4 is 5.91 Å². The summed E-state index contributed by atoms with van der Waals surface area (Å²) in [5.41, 5.74) is 4.94. The van der Waals surface area contributed by atoms with Gasteiger partial charge in [-0.1, -0.05) is 20.8 Å². The van der Waals surface area contributed by atoms with Crippen molar-refractivity contribution in [2.45, 2.75) is 51.7 Å². The lowest BCUT2D eigenvalue weighted by molar-refractivity contribution is -0.124. The van der Waals surface area contributed by atoms with Gasteiger partial charge in [0.1, 0.15) is 5.54 Å². The summed E-state index contributed by atoms with van der Waals surface area (Å²) in [5, 5.41) is 3.22. The van der Waals surface area contributed by atoms with E-state index in [1.165, 1.54) is 0 Å². The molecule has 112 valence electrons. The lowest BCUT2D eigenvalue weighted by Crippen LogP contribution is -2.53. The first-order valence-corrected chi connectivity index (χ1v) is 7.24. The molecule has 0 aromatic rings. The van der Waals surface area contributed by atoms with E-state index in [1.54, 1.807) is 0 Å². The molecule has 0 radical (unpaired) electrons. The van der Waals surface area contributed by atoms with Gasteiger partial charge >= 0.3 is 0 Å². The van der Waals surface area contributed by atoms with Gasteiger partial charge in [-0.25, -0.2) is 0 Å². The van der Waals surface area contributed by atoms with E-state index in [9.17, 15) is 4.79 Å². The zero-order chi connectivity index (χ0) is 14.3. The van der Waals surface area contributed by atoms with Crippen LogP contribution >= 0.6 is 0 Å². The van der Waals surface area contributed by atoms with Gasteiger partial charge in [0.05, 0.1) is 19.3 Å². The van der Waals surface area contributed by atoms with E-state index in [2.05, 4.69) is 19.2 Å². The molecule has 0 saturated heterocycles. The molecule has 2 unspecified atom stereocenters. The smallest absolute Gasteiger partial charge is 0.237 e. The standard InChI is InChI=1S/C14H28N2O3/c1-4-16-14(13(15)17)6-5-12(9-14)19-8-7-18-10-11(2)3/h11-12,16H,4-10H2,1-3H3,(H2,15,17). The molecule has 5 nitrogen and oxygen atoms in total. The fourth-order valence-electron chi connectivity index (χ4n) is 2.55. The molecular formula is C14H28N2O3. The van der Waals surface area contributed by atoms with Crippen LogP contribution in [0, 0.1) is 5.92 Å². The Kier molecular flexibility index (Phi) is 6.75. The summed E-state index contributed by atoms with van der Waals surface area (Å²) in [6, 6.07) is 0. The molecule has 1 saturated carbocycles. The largest absolute Gasteiger partial charge is 0.379 e. The third-order valence-corrected chi connectivity index (χ3v) is 3.49. The first kappa shape index (κ1) is 16.4. The highest BCUT2D eigenvalue weighted by Crippen LogP contribution is 2.31. The normalized spacial score (nSPS) is 27.1. The molecule has 0 aliphatic heterocycles. The average molecular weight is 272 g/mol. The van der Waals surface area contributed by atoms with Crippen molar-refractivity contribution in [3.63, 3.8) is 0 Å². The van der Waals surface area contributed by atoms with E-state index in [0.717, 1.165) is 26.0 Å². The van der Waals surface area contributed by atoms with Gasteiger partial charge in [0.25, 0.3) is 0 Å². The van der Waals surface area contributed by atoms with Crippen LogP contribution in [-0.2, 0) is 14.3 Å². The summed E-state index contributed by atoms with van der Waals surface area (Å²) < 4.78 is 11.2. The number of nitrogens with one attached hydrogen (secondary N) is 1. The zero-order valence-corrected chi connectivity index (χ0v) is 12.4. The number of hydrogen-bond donors (Lipinski definition) is 2. The Morgan fingerprint density at radius 1 is 1.47 bits per heavy atom. The highest BCUT2D eigenvalue weighted by atomic mass is 16.5. The maximum absolute atomic E-state index is 11.6. The van der Waals surface area contributed by atoms with Crippen molar-refractivity contribution in [2.75, 3.05) is 26.4 Å². The van der Waals surface area contributed by atoms with Crippen molar-refractivity contribution < 1.29 is 14.3 Å². The number of ether oxygens (including phenoxy) is 2. The van der Waals surface area contributed by atoms with Gasteiger partial charge in [-0.2, -0.15) is 0 Å². The van der Waals surface area contributed by atoms with Crippen LogP contribution in [0.3, 0.4) is 0 Å². The molecule has 0 spiro atoms. The van der Waals surface area contributed by atoms with Crippen LogP contribution < -0.4 is 11.1 Å². The number of carbonyl (C=O) groups excluding carboxylic acids is 1. The predicted molar refractivity (Wildman–Crippen MR) is 74.9 cm³/mol. The number of hydrogen-bond acceptors (Lipinski definition) is 4. The van der Waals surface area contributed by atoms with Crippen LogP contribution in [0.1, 0.15) is 40.0 Å². The van der Waals surface area contributed by atoms with Gasteiger partial charge in [-0.15, -0.1) is 0 Å². The molecule has 1 fully saturated rings. The van der Waals surface area contributed by atoms with Crippen molar-refractivity contribution in [3.8, 4) is 0 Å². The third kappa shape index (κ3) is 5.09. The van der Waals surface area contributed by atoms with Crippen LogP contribution in [0.5, 0.6) is 0 Å². The molecule has 5 heteroatoms. The van der Waals surface area contributed by atoms with E-state index in [4.69, 9.17) is 15.2 Å². The van der Waals surface area contributed by atoms with E-state index in [-0.39, 0.29) is 12.0 Å². The molecule has 1 aliphatic rings. The minimum absolute atomic E-state index is 0.106. The van der Waals surface area contributed by atoms with E-state index >= 15 is 0 Å². The second-order valence-corrected chi connectivity index (χ2v) is 5.68. The van der Waals surface area contributed by atoms with Crippen LogP contribution in [0.4, 0.5) is 0 Å². The third-order valence-electron chi connectivity index (χ3n) is 3.49. The molecule has 1 rings (SSSR count). The summed E-state index contributed by atoms with van der Waals surface area (Å²) in [7, 11) is 0. The van der Waals surface area contributed by atoms with Gasteiger partial charge in [-0.3, -0.25) is 4.79 Å². The molecule has 1 amide bonds. The molecule has 1 aliphatic carbocycles. The fourth-order valence-corrected chi connectivity index (χ4v) is 2.55. The average Bonchev–Trinajstić information content (AvgIpc) is 2.74. The van der Waals surface area contributed by atoms with Crippen molar-refractivity contribution in [1.29, 1.82) is 0 Å². The molecule has 0 aromatic carbocycles. The van der Waals surface area contributed by atoms with Crippen molar-refractivity contribution in [1.82, 2.24) is 5.32 Å². The Hall–Kier alpha value is -0.650. The zero-order valence-electron chi connectivity index (χ0n) is 12.4. The molecular weight excluding hydrogens is 244 g/mol. The van der Waals surface area contributed by atoms with Gasteiger partial charge < -0.3 is 20.5 Å². The number of rotatable bonds is 9. The monoisotopic (exact) mass is 272 g/mol. The summed E-state index contributed by atoms with van der Waals surface area (Å²) >= 11 is 0. The Labute approximate surface area is 116 Å². The van der Waals surface area contributed by atoms with E-state index in [0.29, 0.717) is 25.6 Å². The fraction of sp³-hybridized carbons (Fsp3) is 0.929. The highest BCUT2D eigenvalue weighted by molar-refractivity contribution is 5.85. The molecule has 19 heavy (non-hydrogen) atoms. The summed E-state index contributed by atoms with van der Waals surface area (Å²) in [4.78, 5) is 11.6. The van der Waals surface area contributed by atoms with Gasteiger partial charge in [0, 0.05) is 13.0 Å². The number of nitrogens with two attached hydrogens (primary N) is 1. The predicted octanol–water partition coefficient (Wildman–Crippen LogP) is 1.06. The Bertz CT molecular complexity index is 284. The second kappa shape index (κ2) is 7.82.